The Morgan fingerprint density at radius 3 is 2.50 bits per heavy atom. The van der Waals surface area contributed by atoms with Gasteiger partial charge in [-0.1, -0.05) is 18.2 Å². The summed E-state index contributed by atoms with van der Waals surface area (Å²) >= 11 is 0. The Hall–Kier alpha value is -2.82. The van der Waals surface area contributed by atoms with Crippen LogP contribution < -0.4 is 14.5 Å². The molecule has 4 rings (SSSR count). The van der Waals surface area contributed by atoms with E-state index in [9.17, 15) is 4.79 Å². The number of methoxy groups -OCH3 is 2. The van der Waals surface area contributed by atoms with E-state index in [1.54, 1.807) is 14.2 Å². The number of aryl methyl sites for hydroxylation is 1. The quantitative estimate of drug-likeness (QED) is 0.873. The molecule has 2 aliphatic rings. The van der Waals surface area contributed by atoms with Crippen LogP contribution in [0.4, 0.5) is 5.69 Å². The van der Waals surface area contributed by atoms with Crippen LogP contribution in [0.15, 0.2) is 47.6 Å². The maximum atomic E-state index is 12.8. The molecular formula is C19H18N2O3. The number of para-hydroxylation sites is 1. The number of hydrogen-bond donors (Lipinski definition) is 0. The van der Waals surface area contributed by atoms with Crippen LogP contribution in [0.1, 0.15) is 17.5 Å². The molecule has 5 heteroatoms. The van der Waals surface area contributed by atoms with E-state index in [0.717, 1.165) is 35.4 Å². The predicted molar refractivity (Wildman–Crippen MR) is 91.8 cm³/mol. The molecule has 2 aromatic carbocycles. The van der Waals surface area contributed by atoms with Gasteiger partial charge in [-0.2, -0.15) is 10.1 Å². The van der Waals surface area contributed by atoms with Crippen LogP contribution in [0.3, 0.4) is 0 Å². The Bertz CT molecular complexity index is 830. The summed E-state index contributed by atoms with van der Waals surface area (Å²) in [5.74, 6) is 1.22. The number of amides is 1. The lowest BCUT2D eigenvalue weighted by Crippen LogP contribution is -2.30. The second-order valence-electron chi connectivity index (χ2n) is 5.93. The normalized spacial score (nSPS) is 18.8. The molecule has 1 atom stereocenters. The average molecular weight is 322 g/mol. The van der Waals surface area contributed by atoms with Gasteiger partial charge in [0.2, 0.25) is 0 Å². The number of hydrogen-bond acceptors (Lipinski definition) is 4. The van der Waals surface area contributed by atoms with Crippen LogP contribution in [0.25, 0.3) is 0 Å². The summed E-state index contributed by atoms with van der Waals surface area (Å²) in [6, 6.07) is 13.5. The molecule has 2 aromatic rings. The highest BCUT2D eigenvalue weighted by Gasteiger charge is 2.40. The largest absolute Gasteiger partial charge is 0.493 e. The third-order valence-electron chi connectivity index (χ3n) is 4.63. The van der Waals surface area contributed by atoms with Gasteiger partial charge in [0.05, 0.1) is 31.5 Å². The van der Waals surface area contributed by atoms with Crippen molar-refractivity contribution in [3.05, 3.63) is 53.6 Å². The van der Waals surface area contributed by atoms with Gasteiger partial charge in [0.25, 0.3) is 5.91 Å². The molecule has 122 valence electrons. The Labute approximate surface area is 140 Å². The van der Waals surface area contributed by atoms with Crippen LogP contribution in [-0.4, -0.2) is 25.8 Å². The summed E-state index contributed by atoms with van der Waals surface area (Å²) in [4.78, 5) is 12.8. The molecule has 1 aliphatic heterocycles. The van der Waals surface area contributed by atoms with Crippen molar-refractivity contribution in [2.24, 2.45) is 11.0 Å². The first kappa shape index (κ1) is 14.8. The summed E-state index contributed by atoms with van der Waals surface area (Å²) in [5.41, 5.74) is 3.75. The van der Waals surface area contributed by atoms with Crippen LogP contribution in [0, 0.1) is 5.92 Å². The lowest BCUT2D eigenvalue weighted by Gasteiger charge is -2.22. The second-order valence-corrected chi connectivity index (χ2v) is 5.93. The molecule has 1 aliphatic carbocycles. The Morgan fingerprint density at radius 2 is 1.79 bits per heavy atom. The fourth-order valence-electron chi connectivity index (χ4n) is 3.41. The second kappa shape index (κ2) is 5.67. The zero-order valence-electron chi connectivity index (χ0n) is 13.7. The van der Waals surface area contributed by atoms with Crippen molar-refractivity contribution >= 4 is 17.3 Å². The lowest BCUT2D eigenvalue weighted by molar-refractivity contribution is -0.119. The van der Waals surface area contributed by atoms with Gasteiger partial charge >= 0.3 is 0 Å². The Morgan fingerprint density at radius 1 is 1.08 bits per heavy atom. The Kier molecular flexibility index (Phi) is 3.49. The predicted octanol–water partition coefficient (Wildman–Crippen LogP) is 3.02. The molecule has 0 spiro atoms. The standard InChI is InChI=1S/C19H18N2O3/c1-23-16-10-12-8-9-14-18(15(12)11-17(16)24-2)20-21(19(14)22)13-6-4-3-5-7-13/h3-7,10-11,14H,8-9H2,1-2H3/t14-/m0/s1. The third kappa shape index (κ3) is 2.16. The number of fused-ring (bicyclic) bond motifs is 3. The molecular weight excluding hydrogens is 304 g/mol. The molecule has 0 saturated heterocycles. The van der Waals surface area contributed by atoms with Crippen molar-refractivity contribution < 1.29 is 14.3 Å². The molecule has 0 bridgehead atoms. The summed E-state index contributed by atoms with van der Waals surface area (Å²) in [6.07, 6.45) is 1.59. The number of nitrogens with zero attached hydrogens (tertiary/aromatic N) is 2. The van der Waals surface area contributed by atoms with Gasteiger partial charge in [-0.3, -0.25) is 4.79 Å². The first-order valence-corrected chi connectivity index (χ1v) is 7.95. The zero-order chi connectivity index (χ0) is 16.7. The van der Waals surface area contributed by atoms with Gasteiger partial charge in [0.1, 0.15) is 0 Å². The molecule has 0 saturated carbocycles. The molecule has 24 heavy (non-hydrogen) atoms. The number of anilines is 1. The number of hydrazone groups is 1. The topological polar surface area (TPSA) is 51.1 Å². The van der Waals surface area contributed by atoms with Crippen molar-refractivity contribution in [3.63, 3.8) is 0 Å². The highest BCUT2D eigenvalue weighted by atomic mass is 16.5. The fraction of sp³-hybridized carbons (Fsp3) is 0.263. The molecule has 1 amide bonds. The van der Waals surface area contributed by atoms with Crippen molar-refractivity contribution in [1.82, 2.24) is 0 Å². The summed E-state index contributed by atoms with van der Waals surface area (Å²) in [6.45, 7) is 0. The number of carbonyl (C=O) groups excluding carboxylic acids is 1. The van der Waals surface area contributed by atoms with E-state index < -0.39 is 0 Å². The Balaban J connectivity index is 1.81. The maximum Gasteiger partial charge on any atom is 0.256 e. The average Bonchev–Trinajstić information content (AvgIpc) is 2.98. The summed E-state index contributed by atoms with van der Waals surface area (Å²) in [7, 11) is 3.24. The molecule has 0 N–H and O–H groups in total. The van der Waals surface area contributed by atoms with Gasteiger partial charge in [0, 0.05) is 5.56 Å². The van der Waals surface area contributed by atoms with Crippen LogP contribution in [0.5, 0.6) is 11.5 Å². The van der Waals surface area contributed by atoms with Gasteiger partial charge in [0.15, 0.2) is 11.5 Å². The maximum absolute atomic E-state index is 12.8. The smallest absolute Gasteiger partial charge is 0.256 e. The van der Waals surface area contributed by atoms with Gasteiger partial charge in [-0.25, -0.2) is 0 Å². The van der Waals surface area contributed by atoms with E-state index in [2.05, 4.69) is 5.10 Å². The van der Waals surface area contributed by atoms with Crippen molar-refractivity contribution in [3.8, 4) is 11.5 Å². The lowest BCUT2D eigenvalue weighted by atomic mass is 9.82. The molecule has 0 aromatic heterocycles. The van der Waals surface area contributed by atoms with E-state index in [1.165, 1.54) is 5.01 Å². The minimum Gasteiger partial charge on any atom is -0.493 e. The van der Waals surface area contributed by atoms with Crippen molar-refractivity contribution in [2.45, 2.75) is 12.8 Å². The molecule has 0 unspecified atom stereocenters. The molecule has 1 heterocycles. The molecule has 0 radical (unpaired) electrons. The summed E-state index contributed by atoms with van der Waals surface area (Å²) < 4.78 is 10.8. The molecule has 5 nitrogen and oxygen atoms in total. The number of carbonyl (C=O) groups is 1. The van der Waals surface area contributed by atoms with E-state index in [1.807, 2.05) is 42.5 Å². The number of benzene rings is 2. The van der Waals surface area contributed by atoms with Crippen molar-refractivity contribution in [2.75, 3.05) is 19.2 Å². The van der Waals surface area contributed by atoms with Gasteiger partial charge in [-0.05, 0) is 42.7 Å². The van der Waals surface area contributed by atoms with Crippen LogP contribution in [0.2, 0.25) is 0 Å². The van der Waals surface area contributed by atoms with Crippen molar-refractivity contribution in [1.29, 1.82) is 0 Å². The minimum absolute atomic E-state index is 0.0386. The van der Waals surface area contributed by atoms with E-state index in [4.69, 9.17) is 9.47 Å². The fourth-order valence-corrected chi connectivity index (χ4v) is 3.41. The van der Waals surface area contributed by atoms with E-state index in [0.29, 0.717) is 11.5 Å². The highest BCUT2D eigenvalue weighted by molar-refractivity contribution is 6.22. The number of rotatable bonds is 3. The highest BCUT2D eigenvalue weighted by Crippen LogP contribution is 2.39. The number of ether oxygens (including phenoxy) is 2. The van der Waals surface area contributed by atoms with Gasteiger partial charge < -0.3 is 9.47 Å². The SMILES string of the molecule is COc1cc2c(cc1OC)C1=NN(c3ccccc3)C(=O)[C@H]1CC2. The van der Waals surface area contributed by atoms with Crippen LogP contribution in [-0.2, 0) is 11.2 Å². The van der Waals surface area contributed by atoms with Crippen LogP contribution >= 0.6 is 0 Å². The zero-order valence-corrected chi connectivity index (χ0v) is 13.7. The first-order chi connectivity index (χ1) is 11.7. The monoisotopic (exact) mass is 322 g/mol. The first-order valence-electron chi connectivity index (χ1n) is 7.95. The van der Waals surface area contributed by atoms with E-state index in [-0.39, 0.29) is 11.8 Å². The summed E-state index contributed by atoms with van der Waals surface area (Å²) in [5, 5.41) is 6.16. The third-order valence-corrected chi connectivity index (χ3v) is 4.63. The van der Waals surface area contributed by atoms with E-state index >= 15 is 0 Å². The molecule has 0 fully saturated rings. The van der Waals surface area contributed by atoms with Gasteiger partial charge in [-0.15, -0.1) is 0 Å². The minimum atomic E-state index is -0.184.